The molecule has 0 radical (unpaired) electrons. The summed E-state index contributed by atoms with van der Waals surface area (Å²) in [6.45, 7) is -1.35. The molecule has 1 rings (SSSR count). The second-order valence-corrected chi connectivity index (χ2v) is 3.43. The van der Waals surface area contributed by atoms with Crippen LogP contribution in [0.4, 0.5) is 5.82 Å². The highest BCUT2D eigenvalue weighted by Gasteiger charge is 2.29. The van der Waals surface area contributed by atoms with Gasteiger partial charge in [-0.1, -0.05) is 11.6 Å². The molecular formula is C8H12ClN3O3. The molecule has 0 saturated heterocycles. The SMILES string of the molecule is OCC(CO)(CO)Nc1nccnc1Cl. The largest absolute Gasteiger partial charge is 0.394 e. The zero-order chi connectivity index (χ0) is 11.3. The van der Waals surface area contributed by atoms with Gasteiger partial charge in [0.2, 0.25) is 0 Å². The molecule has 6 nitrogen and oxygen atoms in total. The Hall–Kier alpha value is -0.950. The average molecular weight is 234 g/mol. The summed E-state index contributed by atoms with van der Waals surface area (Å²) in [6, 6.07) is 0. The molecule has 0 atom stereocenters. The fourth-order valence-electron chi connectivity index (χ4n) is 0.925. The Kier molecular flexibility index (Phi) is 4.22. The Morgan fingerprint density at radius 1 is 1.13 bits per heavy atom. The summed E-state index contributed by atoms with van der Waals surface area (Å²) in [4.78, 5) is 7.63. The van der Waals surface area contributed by atoms with Crippen molar-refractivity contribution in [3.8, 4) is 0 Å². The van der Waals surface area contributed by atoms with E-state index in [2.05, 4.69) is 15.3 Å². The predicted octanol–water partition coefficient (Wildman–Crippen LogP) is -0.742. The third-order valence-corrected chi connectivity index (χ3v) is 2.22. The van der Waals surface area contributed by atoms with E-state index in [9.17, 15) is 0 Å². The van der Waals surface area contributed by atoms with Gasteiger partial charge >= 0.3 is 0 Å². The predicted molar refractivity (Wildman–Crippen MR) is 54.7 cm³/mol. The van der Waals surface area contributed by atoms with Gasteiger partial charge in [0.1, 0.15) is 5.54 Å². The fourth-order valence-corrected chi connectivity index (χ4v) is 1.08. The number of hydrogen-bond acceptors (Lipinski definition) is 6. The van der Waals surface area contributed by atoms with Gasteiger partial charge < -0.3 is 20.6 Å². The van der Waals surface area contributed by atoms with Gasteiger partial charge in [0, 0.05) is 12.4 Å². The van der Waals surface area contributed by atoms with E-state index in [0.29, 0.717) is 0 Å². The molecule has 1 heterocycles. The molecule has 4 N–H and O–H groups in total. The van der Waals surface area contributed by atoms with Gasteiger partial charge in [0.25, 0.3) is 0 Å². The fraction of sp³-hybridized carbons (Fsp3) is 0.500. The van der Waals surface area contributed by atoms with E-state index in [-0.39, 0.29) is 11.0 Å². The Bertz CT molecular complexity index is 311. The minimum Gasteiger partial charge on any atom is -0.394 e. The van der Waals surface area contributed by atoms with Crippen LogP contribution in [0.15, 0.2) is 12.4 Å². The average Bonchev–Trinajstić information content (AvgIpc) is 2.29. The van der Waals surface area contributed by atoms with E-state index in [4.69, 9.17) is 26.9 Å². The van der Waals surface area contributed by atoms with E-state index in [1.807, 2.05) is 0 Å². The normalized spacial score (nSPS) is 11.5. The lowest BCUT2D eigenvalue weighted by molar-refractivity contribution is 0.0831. The van der Waals surface area contributed by atoms with E-state index in [1.54, 1.807) is 0 Å². The van der Waals surface area contributed by atoms with Crippen molar-refractivity contribution in [3.63, 3.8) is 0 Å². The van der Waals surface area contributed by atoms with Gasteiger partial charge in [-0.15, -0.1) is 0 Å². The van der Waals surface area contributed by atoms with Gasteiger partial charge in [0.15, 0.2) is 11.0 Å². The first-order valence-corrected chi connectivity index (χ1v) is 4.62. The number of aromatic nitrogens is 2. The molecule has 0 aliphatic heterocycles. The minimum absolute atomic E-state index is 0.109. The highest BCUT2D eigenvalue weighted by atomic mass is 35.5. The van der Waals surface area contributed by atoms with Crippen LogP contribution in [0.2, 0.25) is 5.15 Å². The molecular weight excluding hydrogens is 222 g/mol. The van der Waals surface area contributed by atoms with Crippen LogP contribution in [0, 0.1) is 0 Å². The lowest BCUT2D eigenvalue weighted by Gasteiger charge is -2.29. The lowest BCUT2D eigenvalue weighted by Crippen LogP contribution is -2.49. The van der Waals surface area contributed by atoms with Crippen molar-refractivity contribution < 1.29 is 15.3 Å². The van der Waals surface area contributed by atoms with Crippen molar-refractivity contribution in [2.24, 2.45) is 0 Å². The summed E-state index contributed by atoms with van der Waals surface area (Å²) < 4.78 is 0. The molecule has 0 amide bonds. The Balaban J connectivity index is 2.88. The van der Waals surface area contributed by atoms with E-state index in [0.717, 1.165) is 0 Å². The topological polar surface area (TPSA) is 98.5 Å². The van der Waals surface area contributed by atoms with Gasteiger partial charge in [-0.25, -0.2) is 9.97 Å². The van der Waals surface area contributed by atoms with Crippen LogP contribution in [0.5, 0.6) is 0 Å². The smallest absolute Gasteiger partial charge is 0.171 e. The first kappa shape index (κ1) is 12.1. The summed E-state index contributed by atoms with van der Waals surface area (Å²) in [6.07, 6.45) is 2.82. The number of aliphatic hydroxyl groups is 3. The number of nitrogens with zero attached hydrogens (tertiary/aromatic N) is 2. The van der Waals surface area contributed by atoms with Crippen molar-refractivity contribution >= 4 is 17.4 Å². The molecule has 0 aliphatic carbocycles. The van der Waals surface area contributed by atoms with E-state index >= 15 is 0 Å². The summed E-state index contributed by atoms with van der Waals surface area (Å²) in [7, 11) is 0. The summed E-state index contributed by atoms with van der Waals surface area (Å²) >= 11 is 5.72. The molecule has 0 unspecified atom stereocenters. The van der Waals surface area contributed by atoms with Crippen molar-refractivity contribution in [1.29, 1.82) is 0 Å². The molecule has 0 bridgehead atoms. The molecule has 0 spiro atoms. The number of nitrogens with one attached hydrogen (secondary N) is 1. The van der Waals surface area contributed by atoms with Crippen LogP contribution in [0.25, 0.3) is 0 Å². The van der Waals surface area contributed by atoms with Crippen molar-refractivity contribution in [2.45, 2.75) is 5.54 Å². The van der Waals surface area contributed by atoms with Crippen LogP contribution in [-0.2, 0) is 0 Å². The molecule has 15 heavy (non-hydrogen) atoms. The third-order valence-electron chi connectivity index (χ3n) is 1.95. The van der Waals surface area contributed by atoms with Gasteiger partial charge in [-0.2, -0.15) is 0 Å². The molecule has 1 aromatic rings. The summed E-state index contributed by atoms with van der Waals surface area (Å²) in [5.41, 5.74) is -1.25. The molecule has 0 aliphatic rings. The Morgan fingerprint density at radius 3 is 2.13 bits per heavy atom. The molecule has 84 valence electrons. The van der Waals surface area contributed by atoms with Crippen molar-refractivity contribution in [1.82, 2.24) is 9.97 Å². The van der Waals surface area contributed by atoms with Crippen LogP contribution in [0.3, 0.4) is 0 Å². The summed E-state index contributed by atoms with van der Waals surface area (Å²) in [5.74, 6) is 0.205. The standard InChI is InChI=1S/C8H12ClN3O3/c9-6-7(11-2-1-10-6)12-8(3-13,4-14)5-15/h1-2,13-15H,3-5H2,(H,11,12). The van der Waals surface area contributed by atoms with Crippen molar-refractivity contribution in [3.05, 3.63) is 17.5 Å². The van der Waals surface area contributed by atoms with Crippen LogP contribution >= 0.6 is 11.6 Å². The zero-order valence-corrected chi connectivity index (χ0v) is 8.65. The first-order valence-electron chi connectivity index (χ1n) is 4.25. The highest BCUT2D eigenvalue weighted by Crippen LogP contribution is 2.19. The maximum absolute atomic E-state index is 9.05. The number of hydrogen-bond donors (Lipinski definition) is 4. The van der Waals surface area contributed by atoms with E-state index < -0.39 is 25.4 Å². The Labute approximate surface area is 91.6 Å². The van der Waals surface area contributed by atoms with Crippen molar-refractivity contribution in [2.75, 3.05) is 25.1 Å². The quantitative estimate of drug-likeness (QED) is 0.535. The molecule has 7 heteroatoms. The monoisotopic (exact) mass is 233 g/mol. The highest BCUT2D eigenvalue weighted by molar-refractivity contribution is 6.31. The van der Waals surface area contributed by atoms with Gasteiger partial charge in [-0.05, 0) is 0 Å². The third kappa shape index (κ3) is 2.75. The molecule has 1 aromatic heterocycles. The summed E-state index contributed by atoms with van der Waals surface area (Å²) in [5, 5.41) is 29.9. The van der Waals surface area contributed by atoms with Crippen LogP contribution in [-0.4, -0.2) is 50.6 Å². The zero-order valence-electron chi connectivity index (χ0n) is 7.89. The number of halogens is 1. The van der Waals surface area contributed by atoms with E-state index in [1.165, 1.54) is 12.4 Å². The number of rotatable bonds is 5. The van der Waals surface area contributed by atoms with Crippen LogP contribution < -0.4 is 5.32 Å². The molecule has 0 saturated carbocycles. The molecule has 0 fully saturated rings. The Morgan fingerprint density at radius 2 is 1.67 bits per heavy atom. The van der Waals surface area contributed by atoms with Gasteiger partial charge in [-0.3, -0.25) is 0 Å². The number of aliphatic hydroxyl groups excluding tert-OH is 3. The molecule has 0 aromatic carbocycles. The second kappa shape index (κ2) is 5.22. The first-order chi connectivity index (χ1) is 7.17. The maximum atomic E-state index is 9.05. The maximum Gasteiger partial charge on any atom is 0.171 e. The number of anilines is 1. The minimum atomic E-state index is -1.25. The van der Waals surface area contributed by atoms with Gasteiger partial charge in [0.05, 0.1) is 19.8 Å². The van der Waals surface area contributed by atoms with Crippen LogP contribution in [0.1, 0.15) is 0 Å². The lowest BCUT2D eigenvalue weighted by atomic mass is 10.0. The second-order valence-electron chi connectivity index (χ2n) is 3.08.